The summed E-state index contributed by atoms with van der Waals surface area (Å²) in [5.74, 6) is -1.31. The summed E-state index contributed by atoms with van der Waals surface area (Å²) in [5.41, 5.74) is 0.629. The van der Waals surface area contributed by atoms with E-state index in [0.29, 0.717) is 11.1 Å². The van der Waals surface area contributed by atoms with Crippen LogP contribution in [-0.2, 0) is 4.79 Å². The van der Waals surface area contributed by atoms with Crippen molar-refractivity contribution in [3.05, 3.63) is 35.4 Å². The maximum atomic E-state index is 11.9. The highest BCUT2D eigenvalue weighted by molar-refractivity contribution is 6.28. The molecule has 1 heterocycles. The van der Waals surface area contributed by atoms with Gasteiger partial charge in [-0.1, -0.05) is 26.0 Å². The molecule has 0 saturated heterocycles. The second-order valence-corrected chi connectivity index (χ2v) is 4.48. The maximum Gasteiger partial charge on any atom is 0.268 e. The molecule has 0 aliphatic carbocycles. The lowest BCUT2D eigenvalue weighted by molar-refractivity contribution is -0.127. The Balaban J connectivity index is 2.33. The molecule has 3 amide bonds. The van der Waals surface area contributed by atoms with Gasteiger partial charge in [0.05, 0.1) is 11.1 Å². The fraction of sp³-hybridized carbons (Fsp3) is 0.308. The van der Waals surface area contributed by atoms with Crippen LogP contribution in [0.3, 0.4) is 0 Å². The summed E-state index contributed by atoms with van der Waals surface area (Å²) >= 11 is 0. The summed E-state index contributed by atoms with van der Waals surface area (Å²) < 4.78 is 0. The zero-order valence-electron chi connectivity index (χ0n) is 9.77. The van der Waals surface area contributed by atoms with Crippen LogP contribution in [0.2, 0.25) is 0 Å². The van der Waals surface area contributed by atoms with E-state index in [4.69, 9.17) is 0 Å². The van der Waals surface area contributed by atoms with E-state index >= 15 is 0 Å². The number of carbonyl (C=O) groups is 3. The Kier molecular flexibility index (Phi) is 2.79. The number of hydrogen-bond acceptors (Lipinski definition) is 3. The molecule has 88 valence electrons. The van der Waals surface area contributed by atoms with Gasteiger partial charge in [0.2, 0.25) is 5.91 Å². The van der Waals surface area contributed by atoms with Gasteiger partial charge in [-0.05, 0) is 18.1 Å². The molecule has 0 bridgehead atoms. The van der Waals surface area contributed by atoms with Crippen LogP contribution >= 0.6 is 0 Å². The zero-order chi connectivity index (χ0) is 12.6. The van der Waals surface area contributed by atoms with E-state index in [1.165, 1.54) is 0 Å². The first-order chi connectivity index (χ1) is 8.02. The minimum Gasteiger partial charge on any atom is -0.274 e. The van der Waals surface area contributed by atoms with Gasteiger partial charge in [0.1, 0.15) is 0 Å². The standard InChI is InChI=1S/C13H13NO3/c1-8(2)7-11(15)14-12(16)9-5-3-4-6-10(9)13(14)17/h3-6,8H,7H2,1-2H3. The Morgan fingerprint density at radius 1 is 1.12 bits per heavy atom. The van der Waals surface area contributed by atoms with Crippen LogP contribution in [0.1, 0.15) is 41.0 Å². The van der Waals surface area contributed by atoms with Gasteiger partial charge in [0.25, 0.3) is 11.8 Å². The summed E-state index contributed by atoms with van der Waals surface area (Å²) in [5, 5.41) is 0. The molecule has 0 saturated carbocycles. The Morgan fingerprint density at radius 3 is 2.00 bits per heavy atom. The van der Waals surface area contributed by atoms with Crippen molar-refractivity contribution >= 4 is 17.7 Å². The first kappa shape index (κ1) is 11.5. The summed E-state index contributed by atoms with van der Waals surface area (Å²) in [7, 11) is 0. The summed E-state index contributed by atoms with van der Waals surface area (Å²) in [6.07, 6.45) is 0.200. The molecule has 17 heavy (non-hydrogen) atoms. The lowest BCUT2D eigenvalue weighted by Crippen LogP contribution is -2.36. The van der Waals surface area contributed by atoms with Gasteiger partial charge in [-0.2, -0.15) is 0 Å². The SMILES string of the molecule is CC(C)CC(=O)N1C(=O)c2ccccc2C1=O. The fourth-order valence-corrected chi connectivity index (χ4v) is 1.86. The van der Waals surface area contributed by atoms with E-state index in [0.717, 1.165) is 4.90 Å². The molecule has 0 radical (unpaired) electrons. The number of amides is 3. The average molecular weight is 231 g/mol. The van der Waals surface area contributed by atoms with Crippen LogP contribution in [0.4, 0.5) is 0 Å². The number of imide groups is 3. The quantitative estimate of drug-likeness (QED) is 0.730. The van der Waals surface area contributed by atoms with E-state index in [-0.39, 0.29) is 12.3 Å². The van der Waals surface area contributed by atoms with Crippen LogP contribution in [0, 0.1) is 5.92 Å². The van der Waals surface area contributed by atoms with E-state index in [1.54, 1.807) is 24.3 Å². The lowest BCUT2D eigenvalue weighted by atomic mass is 10.1. The van der Waals surface area contributed by atoms with Crippen LogP contribution in [0.15, 0.2) is 24.3 Å². The van der Waals surface area contributed by atoms with Gasteiger partial charge < -0.3 is 0 Å². The van der Waals surface area contributed by atoms with Crippen molar-refractivity contribution in [1.82, 2.24) is 4.90 Å². The van der Waals surface area contributed by atoms with Crippen LogP contribution in [0.5, 0.6) is 0 Å². The number of nitrogens with zero attached hydrogens (tertiary/aromatic N) is 1. The second kappa shape index (κ2) is 4.13. The third-order valence-corrected chi connectivity index (χ3v) is 2.63. The van der Waals surface area contributed by atoms with E-state index in [2.05, 4.69) is 0 Å². The first-order valence-electron chi connectivity index (χ1n) is 5.53. The van der Waals surface area contributed by atoms with E-state index in [9.17, 15) is 14.4 Å². The number of hydrogen-bond donors (Lipinski definition) is 0. The van der Waals surface area contributed by atoms with Gasteiger partial charge in [0.15, 0.2) is 0 Å². The van der Waals surface area contributed by atoms with Crippen LogP contribution in [0.25, 0.3) is 0 Å². The lowest BCUT2D eigenvalue weighted by Gasteiger charge is -2.12. The molecule has 0 unspecified atom stereocenters. The largest absolute Gasteiger partial charge is 0.274 e. The zero-order valence-corrected chi connectivity index (χ0v) is 9.77. The molecular formula is C13H13NO3. The molecular weight excluding hydrogens is 218 g/mol. The fourth-order valence-electron chi connectivity index (χ4n) is 1.86. The Hall–Kier alpha value is -1.97. The number of benzene rings is 1. The Bertz CT molecular complexity index is 470. The molecule has 1 aliphatic heterocycles. The highest BCUT2D eigenvalue weighted by Crippen LogP contribution is 2.23. The van der Waals surface area contributed by atoms with Crippen molar-refractivity contribution < 1.29 is 14.4 Å². The van der Waals surface area contributed by atoms with Crippen LogP contribution < -0.4 is 0 Å². The van der Waals surface area contributed by atoms with Crippen molar-refractivity contribution in [2.24, 2.45) is 5.92 Å². The van der Waals surface area contributed by atoms with Gasteiger partial charge >= 0.3 is 0 Å². The van der Waals surface area contributed by atoms with Crippen molar-refractivity contribution in [2.75, 3.05) is 0 Å². The number of rotatable bonds is 2. The molecule has 1 aromatic rings. The molecule has 4 heteroatoms. The van der Waals surface area contributed by atoms with Crippen molar-refractivity contribution in [1.29, 1.82) is 0 Å². The number of fused-ring (bicyclic) bond motifs is 1. The maximum absolute atomic E-state index is 11.9. The minimum atomic E-state index is -0.503. The molecule has 0 atom stereocenters. The topological polar surface area (TPSA) is 54.5 Å². The molecule has 1 aromatic carbocycles. The predicted molar refractivity (Wildman–Crippen MR) is 61.4 cm³/mol. The molecule has 0 N–H and O–H groups in total. The highest BCUT2D eigenvalue weighted by Gasteiger charge is 2.39. The molecule has 0 spiro atoms. The molecule has 0 aromatic heterocycles. The highest BCUT2D eigenvalue weighted by atomic mass is 16.2. The monoisotopic (exact) mass is 231 g/mol. The van der Waals surface area contributed by atoms with Crippen LogP contribution in [-0.4, -0.2) is 22.6 Å². The Labute approximate surface area is 99.2 Å². The smallest absolute Gasteiger partial charge is 0.268 e. The van der Waals surface area contributed by atoms with Crippen molar-refractivity contribution in [3.63, 3.8) is 0 Å². The van der Waals surface area contributed by atoms with E-state index < -0.39 is 17.7 Å². The summed E-state index contributed by atoms with van der Waals surface area (Å²) in [6, 6.07) is 6.50. The average Bonchev–Trinajstić information content (AvgIpc) is 2.51. The molecule has 2 rings (SSSR count). The number of carbonyl (C=O) groups excluding carboxylic acids is 3. The Morgan fingerprint density at radius 2 is 1.59 bits per heavy atom. The third kappa shape index (κ3) is 1.86. The molecule has 1 aliphatic rings. The normalized spacial score (nSPS) is 14.4. The second-order valence-electron chi connectivity index (χ2n) is 4.48. The summed E-state index contributed by atoms with van der Waals surface area (Å²) in [4.78, 5) is 36.4. The van der Waals surface area contributed by atoms with Gasteiger partial charge in [-0.15, -0.1) is 0 Å². The van der Waals surface area contributed by atoms with E-state index in [1.807, 2.05) is 13.8 Å². The third-order valence-electron chi connectivity index (χ3n) is 2.63. The summed E-state index contributed by atoms with van der Waals surface area (Å²) in [6.45, 7) is 3.74. The van der Waals surface area contributed by atoms with Crippen molar-refractivity contribution in [2.45, 2.75) is 20.3 Å². The first-order valence-corrected chi connectivity index (χ1v) is 5.53. The van der Waals surface area contributed by atoms with Gasteiger partial charge in [-0.3, -0.25) is 14.4 Å². The molecule has 0 fully saturated rings. The van der Waals surface area contributed by atoms with Gasteiger partial charge in [0, 0.05) is 6.42 Å². The molecule has 4 nitrogen and oxygen atoms in total. The van der Waals surface area contributed by atoms with Crippen molar-refractivity contribution in [3.8, 4) is 0 Å². The predicted octanol–water partition coefficient (Wildman–Crippen LogP) is 1.86. The minimum absolute atomic E-state index is 0.117. The van der Waals surface area contributed by atoms with Gasteiger partial charge in [-0.25, -0.2) is 4.90 Å².